The molecule has 0 fully saturated rings. The Labute approximate surface area is 236 Å². The molecular formula is C31H41NO8. The number of esters is 4. The molecule has 0 aliphatic carbocycles. The molecule has 9 nitrogen and oxygen atoms in total. The van der Waals surface area contributed by atoms with Gasteiger partial charge in [0.25, 0.3) is 0 Å². The lowest BCUT2D eigenvalue weighted by molar-refractivity contribution is -0.148. The van der Waals surface area contributed by atoms with E-state index in [2.05, 4.69) is 0 Å². The van der Waals surface area contributed by atoms with E-state index in [-0.39, 0.29) is 36.4 Å². The van der Waals surface area contributed by atoms with E-state index in [0.717, 1.165) is 12.8 Å². The van der Waals surface area contributed by atoms with Crippen LogP contribution in [0.1, 0.15) is 76.2 Å². The van der Waals surface area contributed by atoms with Crippen molar-refractivity contribution in [2.75, 3.05) is 6.61 Å². The minimum Gasteiger partial charge on any atom is -0.461 e. The molecule has 9 heteroatoms. The van der Waals surface area contributed by atoms with Gasteiger partial charge in [-0.2, -0.15) is 0 Å². The lowest BCUT2D eigenvalue weighted by atomic mass is 10.0. The van der Waals surface area contributed by atoms with Gasteiger partial charge in [0, 0.05) is 0 Å². The van der Waals surface area contributed by atoms with Crippen LogP contribution < -0.4 is 15.2 Å². The van der Waals surface area contributed by atoms with Crippen molar-refractivity contribution in [3.05, 3.63) is 59.7 Å². The normalized spacial score (nSPS) is 13.8. The van der Waals surface area contributed by atoms with Gasteiger partial charge in [0.1, 0.15) is 18.8 Å². The minimum absolute atomic E-state index is 0.0759. The maximum atomic E-state index is 12.6. The second-order valence-corrected chi connectivity index (χ2v) is 10.0. The van der Waals surface area contributed by atoms with Gasteiger partial charge in [-0.1, -0.05) is 64.8 Å². The van der Waals surface area contributed by atoms with Gasteiger partial charge in [-0.05, 0) is 56.0 Å². The largest absolute Gasteiger partial charge is 0.461 e. The molecule has 0 aliphatic heterocycles. The quantitative estimate of drug-likeness (QED) is 0.237. The first-order valence-electron chi connectivity index (χ1n) is 13.8. The highest BCUT2D eigenvalue weighted by Gasteiger charge is 2.23. The van der Waals surface area contributed by atoms with Gasteiger partial charge < -0.3 is 24.7 Å². The van der Waals surface area contributed by atoms with E-state index in [1.807, 2.05) is 13.8 Å². The predicted molar refractivity (Wildman–Crippen MR) is 150 cm³/mol. The molecule has 0 aliphatic rings. The van der Waals surface area contributed by atoms with Crippen molar-refractivity contribution in [2.45, 2.75) is 78.9 Å². The van der Waals surface area contributed by atoms with Crippen LogP contribution in [0.3, 0.4) is 0 Å². The molecule has 2 aromatic carbocycles. The summed E-state index contributed by atoms with van der Waals surface area (Å²) in [5.74, 6) is -2.51. The summed E-state index contributed by atoms with van der Waals surface area (Å²) in [7, 11) is 0. The summed E-state index contributed by atoms with van der Waals surface area (Å²) in [5, 5.41) is 0. The van der Waals surface area contributed by atoms with E-state index in [4.69, 9.17) is 24.7 Å². The summed E-state index contributed by atoms with van der Waals surface area (Å²) in [6.45, 7) is 8.96. The van der Waals surface area contributed by atoms with Gasteiger partial charge in [0.15, 0.2) is 11.5 Å². The van der Waals surface area contributed by atoms with Crippen molar-refractivity contribution in [2.24, 2.45) is 17.6 Å². The topological polar surface area (TPSA) is 131 Å². The maximum Gasteiger partial charge on any atom is 0.338 e. The average molecular weight is 556 g/mol. The zero-order chi connectivity index (χ0) is 29.7. The van der Waals surface area contributed by atoms with Crippen molar-refractivity contribution >= 4 is 23.9 Å². The van der Waals surface area contributed by atoms with E-state index in [0.29, 0.717) is 24.0 Å². The molecule has 2 N–H and O–H groups in total. The number of hydrogen-bond acceptors (Lipinski definition) is 9. The van der Waals surface area contributed by atoms with Gasteiger partial charge in [0.05, 0.1) is 17.4 Å². The molecule has 0 saturated heterocycles. The first-order chi connectivity index (χ1) is 19.0. The van der Waals surface area contributed by atoms with E-state index in [1.54, 1.807) is 63.2 Å². The fourth-order valence-corrected chi connectivity index (χ4v) is 3.87. The zero-order valence-corrected chi connectivity index (χ0v) is 24.0. The van der Waals surface area contributed by atoms with Gasteiger partial charge in [-0.15, -0.1) is 0 Å². The number of ether oxygens (including phenoxy) is 4. The van der Waals surface area contributed by atoms with E-state index < -0.39 is 36.0 Å². The first-order valence-corrected chi connectivity index (χ1v) is 13.8. The minimum atomic E-state index is -1.03. The number of hydrogen-bond donors (Lipinski definition) is 1. The van der Waals surface area contributed by atoms with Crippen LogP contribution in [0.4, 0.5) is 0 Å². The van der Waals surface area contributed by atoms with Crippen LogP contribution >= 0.6 is 0 Å². The molecule has 0 radical (unpaired) electrons. The van der Waals surface area contributed by atoms with Crippen molar-refractivity contribution in [1.29, 1.82) is 0 Å². The Morgan fingerprint density at radius 2 is 1.35 bits per heavy atom. The molecule has 4 atom stereocenters. The lowest BCUT2D eigenvalue weighted by Crippen LogP contribution is -2.36. The Morgan fingerprint density at radius 1 is 0.775 bits per heavy atom. The second kappa shape index (κ2) is 16.4. The highest BCUT2D eigenvalue weighted by molar-refractivity contribution is 5.89. The Morgan fingerprint density at radius 3 is 1.93 bits per heavy atom. The van der Waals surface area contributed by atoms with E-state index in [1.165, 1.54) is 6.07 Å². The Kier molecular flexibility index (Phi) is 13.3. The molecule has 40 heavy (non-hydrogen) atoms. The molecule has 0 spiro atoms. The van der Waals surface area contributed by atoms with Gasteiger partial charge >= 0.3 is 23.9 Å². The molecule has 218 valence electrons. The van der Waals surface area contributed by atoms with Crippen LogP contribution in [-0.2, 0) is 30.3 Å². The molecule has 2 aromatic rings. The van der Waals surface area contributed by atoms with Gasteiger partial charge in [-0.25, -0.2) is 4.79 Å². The highest BCUT2D eigenvalue weighted by Crippen LogP contribution is 2.31. The van der Waals surface area contributed by atoms with Crippen LogP contribution in [0.25, 0.3) is 0 Å². The maximum absolute atomic E-state index is 12.6. The van der Waals surface area contributed by atoms with E-state index >= 15 is 0 Å². The number of rotatable bonds is 15. The van der Waals surface area contributed by atoms with Crippen molar-refractivity contribution in [3.8, 4) is 11.5 Å². The summed E-state index contributed by atoms with van der Waals surface area (Å²) < 4.78 is 21.7. The lowest BCUT2D eigenvalue weighted by Gasteiger charge is -2.18. The number of carbonyl (C=O) groups is 4. The number of benzene rings is 2. The fourth-order valence-electron chi connectivity index (χ4n) is 3.87. The Hall–Kier alpha value is -3.72. The Balaban J connectivity index is 2.05. The number of carbonyl (C=O) groups excluding carboxylic acids is 4. The van der Waals surface area contributed by atoms with Crippen LogP contribution in [0, 0.1) is 11.8 Å². The van der Waals surface area contributed by atoms with Crippen molar-refractivity contribution in [1.82, 2.24) is 0 Å². The van der Waals surface area contributed by atoms with Crippen LogP contribution in [-0.4, -0.2) is 42.6 Å². The summed E-state index contributed by atoms with van der Waals surface area (Å²) in [4.78, 5) is 49.9. The Bertz CT molecular complexity index is 1130. The van der Waals surface area contributed by atoms with Crippen molar-refractivity contribution < 1.29 is 38.1 Å². The molecule has 0 heterocycles. The molecule has 0 aromatic heterocycles. The smallest absolute Gasteiger partial charge is 0.338 e. The highest BCUT2D eigenvalue weighted by atomic mass is 16.6. The van der Waals surface area contributed by atoms with Crippen LogP contribution in [0.15, 0.2) is 48.5 Å². The first kappa shape index (κ1) is 32.5. The fraction of sp³-hybridized carbons (Fsp3) is 0.484. The van der Waals surface area contributed by atoms with Crippen molar-refractivity contribution in [3.63, 3.8) is 0 Å². The third-order valence-electron chi connectivity index (χ3n) is 6.21. The van der Waals surface area contributed by atoms with Gasteiger partial charge in [0.2, 0.25) is 0 Å². The molecule has 0 amide bonds. The SMILES string of the molecule is CCCC(C)C(=O)Oc1ccc(C[C@H](N)C(=O)OC[C@H](C)OC(=O)c2ccccc2)cc1OC(=O)C(C)CCC. The predicted octanol–water partition coefficient (Wildman–Crippen LogP) is 5.03. The number of nitrogens with two attached hydrogens (primary N) is 1. The summed E-state index contributed by atoms with van der Waals surface area (Å²) in [6, 6.07) is 12.2. The summed E-state index contributed by atoms with van der Waals surface area (Å²) in [5.41, 5.74) is 7.06. The molecule has 2 rings (SSSR count). The van der Waals surface area contributed by atoms with Crippen LogP contribution in [0.2, 0.25) is 0 Å². The van der Waals surface area contributed by atoms with Crippen LogP contribution in [0.5, 0.6) is 11.5 Å². The third kappa shape index (κ3) is 10.4. The average Bonchev–Trinajstić information content (AvgIpc) is 2.93. The standard InChI is InChI=1S/C31H41NO8/c1-6-11-20(3)28(33)39-26-16-15-23(18-27(26)40-29(34)21(4)12-7-2)17-25(32)31(36)37-19-22(5)38-30(35)24-13-9-8-10-14-24/h8-10,13-16,18,20-22,25H,6-7,11-12,17,19,32H2,1-5H3/t20?,21?,22-,25-/m0/s1. The monoisotopic (exact) mass is 555 g/mol. The third-order valence-corrected chi connectivity index (χ3v) is 6.21. The zero-order valence-electron chi connectivity index (χ0n) is 24.0. The molecule has 0 saturated carbocycles. The summed E-state index contributed by atoms with van der Waals surface area (Å²) >= 11 is 0. The summed E-state index contributed by atoms with van der Waals surface area (Å²) in [6.07, 6.45) is 2.36. The molecule has 2 unspecified atom stereocenters. The molecular weight excluding hydrogens is 514 g/mol. The second-order valence-electron chi connectivity index (χ2n) is 10.0. The van der Waals surface area contributed by atoms with Gasteiger partial charge in [-0.3, -0.25) is 14.4 Å². The van der Waals surface area contributed by atoms with E-state index in [9.17, 15) is 19.2 Å². The molecule has 0 bridgehead atoms.